The molecule has 1 N–H and O–H groups in total. The van der Waals surface area contributed by atoms with E-state index in [0.717, 1.165) is 0 Å². The maximum atomic E-state index is 13.0. The third-order valence-corrected chi connectivity index (χ3v) is 1.75. The molecule has 1 aromatic rings. The average molecular weight is 205 g/mol. The number of benzene rings is 1. The van der Waals surface area contributed by atoms with Crippen LogP contribution in [0.3, 0.4) is 0 Å². The monoisotopic (exact) mass is 205 g/mol. The molecule has 0 aliphatic heterocycles. The lowest BCUT2D eigenvalue weighted by atomic mass is 10.1. The van der Waals surface area contributed by atoms with Gasteiger partial charge in [-0.25, -0.2) is 4.39 Å². The fraction of sp³-hybridized carbons (Fsp3) is 0.250. The quantitative estimate of drug-likeness (QED) is 0.734. The zero-order valence-electron chi connectivity index (χ0n) is 8.67. The van der Waals surface area contributed by atoms with Gasteiger partial charge in [0.1, 0.15) is 5.82 Å². The predicted molar refractivity (Wildman–Crippen MR) is 56.9 cm³/mol. The first kappa shape index (κ1) is 11.3. The first-order chi connectivity index (χ1) is 7.02. The summed E-state index contributed by atoms with van der Waals surface area (Å²) in [6, 6.07) is 3.88. The molecule has 1 amide bonds. The minimum atomic E-state index is -0.501. The molecule has 78 valence electrons. The molecule has 0 radical (unpaired) electrons. The highest BCUT2D eigenvalue weighted by Gasteiger charge is 2.08. The van der Waals surface area contributed by atoms with Crippen molar-refractivity contribution in [3.8, 4) is 12.3 Å². The van der Waals surface area contributed by atoms with Gasteiger partial charge < -0.3 is 5.32 Å². The van der Waals surface area contributed by atoms with Crippen molar-refractivity contribution in [2.75, 3.05) is 0 Å². The molecule has 0 saturated carbocycles. The molecule has 2 nitrogen and oxygen atoms in total. The van der Waals surface area contributed by atoms with Gasteiger partial charge in [-0.15, -0.1) is 6.42 Å². The van der Waals surface area contributed by atoms with E-state index in [1.807, 2.05) is 13.8 Å². The normalized spacial score (nSPS) is 9.80. The van der Waals surface area contributed by atoms with Crippen LogP contribution in [0.15, 0.2) is 18.2 Å². The van der Waals surface area contributed by atoms with Crippen LogP contribution in [0.1, 0.15) is 29.8 Å². The van der Waals surface area contributed by atoms with Crippen LogP contribution in [-0.2, 0) is 0 Å². The van der Waals surface area contributed by atoms with E-state index < -0.39 is 5.82 Å². The van der Waals surface area contributed by atoms with Gasteiger partial charge in [-0.2, -0.15) is 0 Å². The Bertz CT molecular complexity index is 418. The summed E-state index contributed by atoms with van der Waals surface area (Å²) in [7, 11) is 0. The molecule has 0 atom stereocenters. The molecule has 0 saturated heterocycles. The Morgan fingerprint density at radius 3 is 2.67 bits per heavy atom. The summed E-state index contributed by atoms with van der Waals surface area (Å²) in [6.07, 6.45) is 5.14. The number of hydrogen-bond donors (Lipinski definition) is 1. The van der Waals surface area contributed by atoms with Gasteiger partial charge in [0.15, 0.2) is 0 Å². The largest absolute Gasteiger partial charge is 0.350 e. The SMILES string of the molecule is C#Cc1cc(F)cc(C(=O)NC(C)C)c1. The minimum Gasteiger partial charge on any atom is -0.350 e. The number of hydrogen-bond acceptors (Lipinski definition) is 1. The van der Waals surface area contributed by atoms with Gasteiger partial charge >= 0.3 is 0 Å². The maximum absolute atomic E-state index is 13.0. The predicted octanol–water partition coefficient (Wildman–Crippen LogP) is 1.95. The van der Waals surface area contributed by atoms with E-state index in [1.165, 1.54) is 18.2 Å². The second-order valence-electron chi connectivity index (χ2n) is 3.50. The Morgan fingerprint density at radius 1 is 1.47 bits per heavy atom. The summed E-state index contributed by atoms with van der Waals surface area (Å²) < 4.78 is 13.0. The van der Waals surface area contributed by atoms with E-state index >= 15 is 0 Å². The highest BCUT2D eigenvalue weighted by molar-refractivity contribution is 5.94. The third kappa shape index (κ3) is 3.10. The molecule has 0 spiro atoms. The van der Waals surface area contributed by atoms with Crippen molar-refractivity contribution in [1.82, 2.24) is 5.32 Å². The molecule has 0 heterocycles. The Labute approximate surface area is 88.5 Å². The molecular weight excluding hydrogens is 193 g/mol. The van der Waals surface area contributed by atoms with E-state index in [4.69, 9.17) is 6.42 Å². The number of nitrogens with one attached hydrogen (secondary N) is 1. The van der Waals surface area contributed by atoms with Crippen molar-refractivity contribution in [1.29, 1.82) is 0 Å². The van der Waals surface area contributed by atoms with Crippen molar-refractivity contribution in [2.24, 2.45) is 0 Å². The van der Waals surface area contributed by atoms with Crippen LogP contribution in [0.25, 0.3) is 0 Å². The smallest absolute Gasteiger partial charge is 0.251 e. The summed E-state index contributed by atoms with van der Waals surface area (Å²) in [5.74, 6) is 1.48. The van der Waals surface area contributed by atoms with Gasteiger partial charge in [-0.3, -0.25) is 4.79 Å². The lowest BCUT2D eigenvalue weighted by Gasteiger charge is -2.08. The molecule has 0 fully saturated rings. The Kier molecular flexibility index (Phi) is 3.46. The lowest BCUT2D eigenvalue weighted by molar-refractivity contribution is 0.0942. The summed E-state index contributed by atoms with van der Waals surface area (Å²) >= 11 is 0. The summed E-state index contributed by atoms with van der Waals surface area (Å²) in [4.78, 5) is 11.5. The molecule has 15 heavy (non-hydrogen) atoms. The highest BCUT2D eigenvalue weighted by Crippen LogP contribution is 2.08. The summed E-state index contributed by atoms with van der Waals surface area (Å²) in [5, 5.41) is 2.66. The number of carbonyl (C=O) groups excluding carboxylic acids is 1. The van der Waals surface area contributed by atoms with Crippen LogP contribution in [0.4, 0.5) is 4.39 Å². The Balaban J connectivity index is 3.00. The van der Waals surface area contributed by atoms with Gasteiger partial charge in [0.2, 0.25) is 0 Å². The van der Waals surface area contributed by atoms with E-state index in [9.17, 15) is 9.18 Å². The molecule has 0 bridgehead atoms. The molecule has 1 rings (SSSR count). The van der Waals surface area contributed by atoms with Gasteiger partial charge in [-0.05, 0) is 32.0 Å². The number of amides is 1. The second-order valence-corrected chi connectivity index (χ2v) is 3.50. The highest BCUT2D eigenvalue weighted by atomic mass is 19.1. The zero-order chi connectivity index (χ0) is 11.4. The molecule has 3 heteroatoms. The number of terminal acetylenes is 1. The van der Waals surface area contributed by atoms with Crippen molar-refractivity contribution in [3.05, 3.63) is 35.1 Å². The van der Waals surface area contributed by atoms with Crippen LogP contribution in [-0.4, -0.2) is 11.9 Å². The Hall–Kier alpha value is -1.82. The van der Waals surface area contributed by atoms with Gasteiger partial charge in [0.25, 0.3) is 5.91 Å². The first-order valence-corrected chi connectivity index (χ1v) is 4.61. The van der Waals surface area contributed by atoms with Crippen LogP contribution in [0.5, 0.6) is 0 Å². The van der Waals surface area contributed by atoms with Crippen LogP contribution >= 0.6 is 0 Å². The zero-order valence-corrected chi connectivity index (χ0v) is 8.67. The summed E-state index contributed by atoms with van der Waals surface area (Å²) in [5.41, 5.74) is 0.612. The van der Waals surface area contributed by atoms with Crippen molar-refractivity contribution in [2.45, 2.75) is 19.9 Å². The second kappa shape index (κ2) is 4.61. The van der Waals surface area contributed by atoms with Crippen molar-refractivity contribution >= 4 is 5.91 Å². The van der Waals surface area contributed by atoms with Gasteiger partial charge in [-0.1, -0.05) is 5.92 Å². The lowest BCUT2D eigenvalue weighted by Crippen LogP contribution is -2.30. The van der Waals surface area contributed by atoms with E-state index in [0.29, 0.717) is 5.56 Å². The van der Waals surface area contributed by atoms with E-state index in [2.05, 4.69) is 11.2 Å². The van der Waals surface area contributed by atoms with Gasteiger partial charge in [0, 0.05) is 17.2 Å². The van der Waals surface area contributed by atoms with Crippen molar-refractivity contribution in [3.63, 3.8) is 0 Å². The first-order valence-electron chi connectivity index (χ1n) is 4.61. The average Bonchev–Trinajstić information content (AvgIpc) is 2.15. The van der Waals surface area contributed by atoms with Crippen molar-refractivity contribution < 1.29 is 9.18 Å². The van der Waals surface area contributed by atoms with Crippen LogP contribution in [0, 0.1) is 18.2 Å². The molecule has 0 unspecified atom stereocenters. The number of halogens is 1. The molecule has 1 aromatic carbocycles. The number of carbonyl (C=O) groups is 1. The number of rotatable bonds is 2. The van der Waals surface area contributed by atoms with Gasteiger partial charge in [0.05, 0.1) is 0 Å². The minimum absolute atomic E-state index is 0.00931. The summed E-state index contributed by atoms with van der Waals surface area (Å²) in [6.45, 7) is 3.67. The van der Waals surface area contributed by atoms with E-state index in [1.54, 1.807) is 0 Å². The molecule has 0 aliphatic carbocycles. The molecular formula is C12H12FNO. The Morgan fingerprint density at radius 2 is 2.13 bits per heavy atom. The van der Waals surface area contributed by atoms with E-state index in [-0.39, 0.29) is 17.5 Å². The van der Waals surface area contributed by atoms with Crippen LogP contribution < -0.4 is 5.32 Å². The topological polar surface area (TPSA) is 29.1 Å². The third-order valence-electron chi connectivity index (χ3n) is 1.75. The van der Waals surface area contributed by atoms with Crippen LogP contribution in [0.2, 0.25) is 0 Å². The fourth-order valence-corrected chi connectivity index (χ4v) is 1.15. The standard InChI is InChI=1S/C12H12FNO/c1-4-9-5-10(7-11(13)6-9)12(15)14-8(2)3/h1,5-8H,2-3H3,(H,14,15). The molecule has 0 aliphatic rings. The fourth-order valence-electron chi connectivity index (χ4n) is 1.15. The maximum Gasteiger partial charge on any atom is 0.251 e. The molecule has 0 aromatic heterocycles.